The van der Waals surface area contributed by atoms with Crippen molar-refractivity contribution in [2.75, 3.05) is 5.73 Å². The number of nitrogens with two attached hydrogens (primary N) is 1. The number of carboxylic acid groups (broad SMARTS) is 1. The summed E-state index contributed by atoms with van der Waals surface area (Å²) in [6, 6.07) is 0. The van der Waals surface area contributed by atoms with Crippen LogP contribution in [0.15, 0.2) is 0 Å². The highest BCUT2D eigenvalue weighted by Crippen LogP contribution is 2.26. The standard InChI is InChI=1S/C8H9N3O4S/c9-8-4-2-16(14,15)3-5(4)10-6(11-8)1-7(12)13/h1-3H2,(H,12,13)(H2,9,10,11). The van der Waals surface area contributed by atoms with Gasteiger partial charge in [0.25, 0.3) is 0 Å². The van der Waals surface area contributed by atoms with E-state index in [0.717, 1.165) is 0 Å². The molecule has 2 rings (SSSR count). The fourth-order valence-corrected chi connectivity index (χ4v) is 3.08. The van der Waals surface area contributed by atoms with Crippen molar-refractivity contribution in [3.63, 3.8) is 0 Å². The number of nitrogen functional groups attached to an aromatic ring is 1. The number of carbonyl (C=O) groups is 1. The molecule has 2 heterocycles. The summed E-state index contributed by atoms with van der Waals surface area (Å²) in [6.07, 6.45) is -0.364. The van der Waals surface area contributed by atoms with Gasteiger partial charge in [0.2, 0.25) is 0 Å². The Labute approximate surface area is 91.2 Å². The SMILES string of the molecule is Nc1nc(CC(=O)O)nc2c1CS(=O)(=O)C2. The lowest BCUT2D eigenvalue weighted by atomic mass is 10.2. The number of aromatic nitrogens is 2. The monoisotopic (exact) mass is 243 g/mol. The third kappa shape index (κ3) is 1.96. The van der Waals surface area contributed by atoms with Gasteiger partial charge >= 0.3 is 5.97 Å². The highest BCUT2D eigenvalue weighted by Gasteiger charge is 2.29. The molecule has 0 atom stereocenters. The van der Waals surface area contributed by atoms with Gasteiger partial charge in [-0.05, 0) is 0 Å². The van der Waals surface area contributed by atoms with Crippen molar-refractivity contribution in [1.29, 1.82) is 0 Å². The highest BCUT2D eigenvalue weighted by molar-refractivity contribution is 7.90. The van der Waals surface area contributed by atoms with E-state index in [1.54, 1.807) is 0 Å². The Kier molecular flexibility index (Phi) is 2.30. The summed E-state index contributed by atoms with van der Waals surface area (Å²) >= 11 is 0. The van der Waals surface area contributed by atoms with Crippen molar-refractivity contribution in [3.8, 4) is 0 Å². The first-order chi connectivity index (χ1) is 7.37. The molecule has 0 fully saturated rings. The maximum atomic E-state index is 11.3. The van der Waals surface area contributed by atoms with Gasteiger partial charge in [-0.2, -0.15) is 0 Å². The Morgan fingerprint density at radius 2 is 2.06 bits per heavy atom. The predicted octanol–water partition coefficient (Wildman–Crippen LogP) is -0.886. The second-order valence-corrected chi connectivity index (χ2v) is 5.62. The first-order valence-corrected chi connectivity index (χ1v) is 6.26. The third-order valence-electron chi connectivity index (χ3n) is 2.20. The van der Waals surface area contributed by atoms with Crippen LogP contribution < -0.4 is 5.73 Å². The molecule has 1 aliphatic rings. The van der Waals surface area contributed by atoms with Crippen molar-refractivity contribution in [3.05, 3.63) is 17.1 Å². The van der Waals surface area contributed by atoms with Crippen molar-refractivity contribution in [1.82, 2.24) is 9.97 Å². The Balaban J connectivity index is 2.45. The van der Waals surface area contributed by atoms with Crippen LogP contribution in [-0.4, -0.2) is 29.5 Å². The second-order valence-electron chi connectivity index (χ2n) is 3.55. The number of rotatable bonds is 2. The Morgan fingerprint density at radius 3 is 2.69 bits per heavy atom. The Bertz CT molecular complexity index is 567. The van der Waals surface area contributed by atoms with Gasteiger partial charge in [-0.25, -0.2) is 18.4 Å². The molecule has 0 spiro atoms. The summed E-state index contributed by atoms with van der Waals surface area (Å²) in [7, 11) is -3.20. The number of carboxylic acids is 1. The van der Waals surface area contributed by atoms with Crippen LogP contribution in [0.3, 0.4) is 0 Å². The zero-order chi connectivity index (χ0) is 11.9. The van der Waals surface area contributed by atoms with Gasteiger partial charge in [0, 0.05) is 5.56 Å². The van der Waals surface area contributed by atoms with Crippen LogP contribution in [-0.2, 0) is 32.6 Å². The first kappa shape index (κ1) is 10.8. The van der Waals surface area contributed by atoms with Gasteiger partial charge in [-0.1, -0.05) is 0 Å². The molecule has 0 unspecified atom stereocenters. The fraction of sp³-hybridized carbons (Fsp3) is 0.375. The van der Waals surface area contributed by atoms with Gasteiger partial charge in [-0.15, -0.1) is 0 Å². The minimum absolute atomic E-state index is 0.0425. The van der Waals surface area contributed by atoms with Gasteiger partial charge in [0.05, 0.1) is 17.2 Å². The van der Waals surface area contributed by atoms with Gasteiger partial charge in [0.15, 0.2) is 9.84 Å². The summed E-state index contributed by atoms with van der Waals surface area (Å²) in [6.45, 7) is 0. The third-order valence-corrected chi connectivity index (χ3v) is 3.64. The van der Waals surface area contributed by atoms with Crippen molar-refractivity contribution >= 4 is 21.6 Å². The van der Waals surface area contributed by atoms with Crippen molar-refractivity contribution in [2.45, 2.75) is 17.9 Å². The molecule has 1 aliphatic heterocycles. The molecule has 0 saturated heterocycles. The number of nitrogens with zero attached hydrogens (tertiary/aromatic N) is 2. The van der Waals surface area contributed by atoms with E-state index in [1.807, 2.05) is 0 Å². The van der Waals surface area contributed by atoms with Gasteiger partial charge in [0.1, 0.15) is 18.1 Å². The Morgan fingerprint density at radius 1 is 1.38 bits per heavy atom. The molecule has 0 saturated carbocycles. The van der Waals surface area contributed by atoms with Crippen LogP contribution in [0, 0.1) is 0 Å². The summed E-state index contributed by atoms with van der Waals surface area (Å²) in [5.74, 6) is -1.34. The lowest BCUT2D eigenvalue weighted by Crippen LogP contribution is -2.09. The zero-order valence-corrected chi connectivity index (χ0v) is 8.99. The molecule has 0 aliphatic carbocycles. The molecule has 16 heavy (non-hydrogen) atoms. The van der Waals surface area contributed by atoms with E-state index >= 15 is 0 Å². The summed E-state index contributed by atoms with van der Waals surface area (Å²) < 4.78 is 22.7. The first-order valence-electron chi connectivity index (χ1n) is 4.44. The zero-order valence-electron chi connectivity index (χ0n) is 8.17. The van der Waals surface area contributed by atoms with E-state index in [1.165, 1.54) is 0 Å². The smallest absolute Gasteiger partial charge is 0.311 e. The van der Waals surface area contributed by atoms with Crippen molar-refractivity contribution in [2.24, 2.45) is 0 Å². The fourth-order valence-electron chi connectivity index (χ4n) is 1.57. The Hall–Kier alpha value is -1.70. The minimum atomic E-state index is -3.20. The van der Waals surface area contributed by atoms with Crippen LogP contribution >= 0.6 is 0 Å². The van der Waals surface area contributed by atoms with Crippen LogP contribution in [0.4, 0.5) is 5.82 Å². The average Bonchev–Trinajstić information content (AvgIpc) is 2.38. The molecule has 3 N–H and O–H groups in total. The molecule has 0 amide bonds. The summed E-state index contributed by atoms with van der Waals surface area (Å²) in [5.41, 5.74) is 6.28. The molecule has 7 nitrogen and oxygen atoms in total. The maximum Gasteiger partial charge on any atom is 0.311 e. The van der Waals surface area contributed by atoms with Crippen LogP contribution in [0.25, 0.3) is 0 Å². The molecule has 8 heteroatoms. The minimum Gasteiger partial charge on any atom is -0.481 e. The van der Waals surface area contributed by atoms with E-state index in [9.17, 15) is 13.2 Å². The van der Waals surface area contributed by atoms with E-state index < -0.39 is 15.8 Å². The predicted molar refractivity (Wildman–Crippen MR) is 54.1 cm³/mol. The van der Waals surface area contributed by atoms with E-state index in [2.05, 4.69) is 9.97 Å². The largest absolute Gasteiger partial charge is 0.481 e. The maximum absolute atomic E-state index is 11.3. The van der Waals surface area contributed by atoms with Crippen LogP contribution in [0.5, 0.6) is 0 Å². The molecule has 1 aromatic heterocycles. The number of hydrogen-bond donors (Lipinski definition) is 2. The molecule has 0 aromatic carbocycles. The molecular formula is C8H9N3O4S. The lowest BCUT2D eigenvalue weighted by Gasteiger charge is -2.03. The summed E-state index contributed by atoms with van der Waals surface area (Å²) in [4.78, 5) is 18.1. The highest BCUT2D eigenvalue weighted by atomic mass is 32.2. The number of anilines is 1. The number of sulfone groups is 1. The average molecular weight is 243 g/mol. The van der Waals surface area contributed by atoms with Gasteiger partial charge in [-0.3, -0.25) is 4.79 Å². The quantitative estimate of drug-likeness (QED) is 0.690. The number of hydrogen-bond acceptors (Lipinski definition) is 6. The molecule has 0 bridgehead atoms. The van der Waals surface area contributed by atoms with E-state index in [0.29, 0.717) is 11.3 Å². The number of aliphatic carboxylic acids is 1. The van der Waals surface area contributed by atoms with Crippen molar-refractivity contribution < 1.29 is 18.3 Å². The molecular weight excluding hydrogens is 234 g/mol. The lowest BCUT2D eigenvalue weighted by molar-refractivity contribution is -0.136. The summed E-state index contributed by atoms with van der Waals surface area (Å²) in [5, 5.41) is 8.57. The number of fused-ring (bicyclic) bond motifs is 1. The molecule has 86 valence electrons. The van der Waals surface area contributed by atoms with E-state index in [4.69, 9.17) is 10.8 Å². The van der Waals surface area contributed by atoms with E-state index in [-0.39, 0.29) is 29.6 Å². The second kappa shape index (κ2) is 3.41. The topological polar surface area (TPSA) is 123 Å². The molecule has 1 aromatic rings. The van der Waals surface area contributed by atoms with Crippen LogP contribution in [0.1, 0.15) is 17.1 Å². The normalized spacial score (nSPS) is 17.0. The molecule has 0 radical (unpaired) electrons. The van der Waals surface area contributed by atoms with Crippen LogP contribution in [0.2, 0.25) is 0 Å². The van der Waals surface area contributed by atoms with Gasteiger partial charge < -0.3 is 10.8 Å².